The molecule has 0 saturated heterocycles. The summed E-state index contributed by atoms with van der Waals surface area (Å²) in [6.45, 7) is 1.79. The number of hydrogen-bond acceptors (Lipinski definition) is 6. The van der Waals surface area contributed by atoms with Gasteiger partial charge in [-0.1, -0.05) is 24.2 Å². The van der Waals surface area contributed by atoms with Gasteiger partial charge in [0.2, 0.25) is 5.76 Å². The van der Waals surface area contributed by atoms with Gasteiger partial charge in [0.25, 0.3) is 0 Å². The fourth-order valence-electron chi connectivity index (χ4n) is 2.69. The highest BCUT2D eigenvalue weighted by atomic mass is 19.4. The molecule has 2 aromatic carbocycles. The minimum atomic E-state index is -4.46. The number of amides is 3. The van der Waals surface area contributed by atoms with Crippen LogP contribution in [0.25, 0.3) is 11.3 Å². The molecule has 3 aromatic rings. The molecule has 0 bridgehead atoms. The van der Waals surface area contributed by atoms with Crippen molar-refractivity contribution in [1.29, 1.82) is 0 Å². The summed E-state index contributed by atoms with van der Waals surface area (Å²) in [4.78, 5) is 40.0. The summed E-state index contributed by atoms with van der Waals surface area (Å²) >= 11 is 0. The number of rotatable bonds is 6. The Morgan fingerprint density at radius 1 is 0.971 bits per heavy atom. The van der Waals surface area contributed by atoms with Crippen LogP contribution in [0, 0.1) is 0 Å². The van der Waals surface area contributed by atoms with Gasteiger partial charge < -0.3 is 20.0 Å². The van der Waals surface area contributed by atoms with Crippen LogP contribution in [-0.4, -0.2) is 23.1 Å². The standard InChI is InChI=1S/C22H19F3N4O5/c1-2-3-19(30)34-29-20(31)18-12-17(28-33-18)13-4-8-15(9-5-13)26-21(32)27-16-10-6-14(7-11-16)22(23,24)25/h4-12H,2-3H2,1H3,(H,29,31)(H2,26,27,32). The number of nitrogens with zero attached hydrogens (tertiary/aromatic N) is 1. The minimum Gasteiger partial charge on any atom is -0.350 e. The zero-order valence-corrected chi connectivity index (χ0v) is 17.7. The average molecular weight is 476 g/mol. The number of hydroxylamine groups is 1. The van der Waals surface area contributed by atoms with E-state index in [4.69, 9.17) is 4.52 Å². The lowest BCUT2D eigenvalue weighted by Gasteiger charge is -2.10. The molecule has 0 aliphatic rings. The number of alkyl halides is 3. The molecule has 3 N–H and O–H groups in total. The molecule has 9 nitrogen and oxygen atoms in total. The van der Waals surface area contributed by atoms with Crippen molar-refractivity contribution in [3.05, 3.63) is 65.9 Å². The SMILES string of the molecule is CCCC(=O)ONC(=O)c1cc(-c2ccc(NC(=O)Nc3ccc(C(F)(F)F)cc3)cc2)no1. The third-order valence-electron chi connectivity index (χ3n) is 4.35. The van der Waals surface area contributed by atoms with Gasteiger partial charge in [-0.2, -0.15) is 18.7 Å². The Morgan fingerprint density at radius 2 is 1.56 bits per heavy atom. The quantitative estimate of drug-likeness (QED) is 0.431. The van der Waals surface area contributed by atoms with Crippen LogP contribution in [0.4, 0.5) is 29.3 Å². The van der Waals surface area contributed by atoms with Gasteiger partial charge in [-0.25, -0.2) is 9.59 Å². The molecular weight excluding hydrogens is 457 g/mol. The zero-order valence-electron chi connectivity index (χ0n) is 17.7. The second-order valence-electron chi connectivity index (χ2n) is 6.96. The molecule has 0 saturated carbocycles. The zero-order chi connectivity index (χ0) is 24.7. The molecule has 0 radical (unpaired) electrons. The van der Waals surface area contributed by atoms with E-state index in [-0.39, 0.29) is 17.9 Å². The lowest BCUT2D eigenvalue weighted by atomic mass is 10.1. The molecule has 0 unspecified atom stereocenters. The fraction of sp³-hybridized carbons (Fsp3) is 0.182. The third kappa shape index (κ3) is 6.58. The maximum Gasteiger partial charge on any atom is 0.416 e. The topological polar surface area (TPSA) is 123 Å². The van der Waals surface area contributed by atoms with Crippen molar-refractivity contribution < 1.29 is 36.9 Å². The number of nitrogens with one attached hydrogen (secondary N) is 3. The summed E-state index contributed by atoms with van der Waals surface area (Å²) in [6.07, 6.45) is -3.73. The Hall–Kier alpha value is -4.35. The van der Waals surface area contributed by atoms with E-state index in [9.17, 15) is 27.6 Å². The highest BCUT2D eigenvalue weighted by Gasteiger charge is 2.30. The Bertz CT molecular complexity index is 1160. The van der Waals surface area contributed by atoms with E-state index in [1.165, 1.54) is 6.07 Å². The Kier molecular flexibility index (Phi) is 7.51. The van der Waals surface area contributed by atoms with Gasteiger partial charge in [-0.05, 0) is 42.8 Å². The predicted molar refractivity (Wildman–Crippen MR) is 114 cm³/mol. The van der Waals surface area contributed by atoms with Crippen LogP contribution in [-0.2, 0) is 15.8 Å². The van der Waals surface area contributed by atoms with Crippen LogP contribution in [0.3, 0.4) is 0 Å². The van der Waals surface area contributed by atoms with Gasteiger partial charge in [0.15, 0.2) is 0 Å². The molecular formula is C22H19F3N4O5. The number of carbonyl (C=O) groups is 3. The summed E-state index contributed by atoms with van der Waals surface area (Å²) in [5, 5.41) is 8.77. The predicted octanol–water partition coefficient (Wildman–Crippen LogP) is 4.99. The molecule has 178 valence electrons. The van der Waals surface area contributed by atoms with Crippen LogP contribution in [0.2, 0.25) is 0 Å². The Labute approximate surface area is 191 Å². The molecule has 0 fully saturated rings. The van der Waals surface area contributed by atoms with Gasteiger partial charge in [0, 0.05) is 29.4 Å². The molecule has 1 aromatic heterocycles. The maximum atomic E-state index is 12.6. The minimum absolute atomic E-state index is 0.157. The molecule has 34 heavy (non-hydrogen) atoms. The summed E-state index contributed by atoms with van der Waals surface area (Å²) in [5.74, 6) is -1.53. The van der Waals surface area contributed by atoms with Crippen LogP contribution in [0.1, 0.15) is 35.9 Å². The summed E-state index contributed by atoms with van der Waals surface area (Å²) in [7, 11) is 0. The summed E-state index contributed by atoms with van der Waals surface area (Å²) < 4.78 is 42.8. The molecule has 3 amide bonds. The second kappa shape index (κ2) is 10.5. The van der Waals surface area contributed by atoms with Crippen molar-refractivity contribution in [3.8, 4) is 11.3 Å². The molecule has 1 heterocycles. The van der Waals surface area contributed by atoms with Gasteiger partial charge >= 0.3 is 24.1 Å². The third-order valence-corrected chi connectivity index (χ3v) is 4.35. The van der Waals surface area contributed by atoms with Crippen molar-refractivity contribution in [1.82, 2.24) is 10.6 Å². The van der Waals surface area contributed by atoms with Gasteiger partial charge in [-0.3, -0.25) is 4.79 Å². The van der Waals surface area contributed by atoms with E-state index in [1.54, 1.807) is 31.2 Å². The highest BCUT2D eigenvalue weighted by Crippen LogP contribution is 2.30. The number of hydrogen-bond donors (Lipinski definition) is 3. The maximum absolute atomic E-state index is 12.6. The number of halogens is 3. The number of aromatic nitrogens is 1. The summed E-state index contributed by atoms with van der Waals surface area (Å²) in [6, 6.07) is 11.1. The molecule has 0 spiro atoms. The van der Waals surface area contributed by atoms with Crippen LogP contribution < -0.4 is 16.1 Å². The first-order valence-electron chi connectivity index (χ1n) is 9.98. The Balaban J connectivity index is 1.55. The monoisotopic (exact) mass is 476 g/mol. The summed E-state index contributed by atoms with van der Waals surface area (Å²) in [5.41, 5.74) is 2.64. The van der Waals surface area contributed by atoms with E-state index in [0.29, 0.717) is 23.4 Å². The van der Waals surface area contributed by atoms with Crippen molar-refractivity contribution in [3.63, 3.8) is 0 Å². The van der Waals surface area contributed by atoms with Crippen LogP contribution >= 0.6 is 0 Å². The van der Waals surface area contributed by atoms with E-state index < -0.39 is 29.6 Å². The molecule has 12 heteroatoms. The fourth-order valence-corrected chi connectivity index (χ4v) is 2.69. The smallest absolute Gasteiger partial charge is 0.350 e. The van der Waals surface area contributed by atoms with Crippen LogP contribution in [0.5, 0.6) is 0 Å². The van der Waals surface area contributed by atoms with Crippen molar-refractivity contribution in [2.45, 2.75) is 25.9 Å². The van der Waals surface area contributed by atoms with E-state index in [1.807, 2.05) is 5.48 Å². The lowest BCUT2D eigenvalue weighted by Crippen LogP contribution is -2.26. The first kappa shape index (κ1) is 24.3. The average Bonchev–Trinajstić information content (AvgIpc) is 3.28. The first-order chi connectivity index (χ1) is 16.2. The van der Waals surface area contributed by atoms with Crippen molar-refractivity contribution in [2.75, 3.05) is 10.6 Å². The van der Waals surface area contributed by atoms with Crippen molar-refractivity contribution >= 4 is 29.3 Å². The number of anilines is 2. The van der Waals surface area contributed by atoms with E-state index in [2.05, 4.69) is 20.6 Å². The lowest BCUT2D eigenvalue weighted by molar-refractivity contribution is -0.149. The van der Waals surface area contributed by atoms with Gasteiger partial charge in [0.1, 0.15) is 5.69 Å². The molecule has 3 rings (SSSR count). The van der Waals surface area contributed by atoms with Gasteiger partial charge in [0.05, 0.1) is 5.56 Å². The first-order valence-corrected chi connectivity index (χ1v) is 9.98. The normalized spacial score (nSPS) is 10.9. The molecule has 0 aliphatic heterocycles. The highest BCUT2D eigenvalue weighted by molar-refractivity contribution is 5.99. The van der Waals surface area contributed by atoms with E-state index >= 15 is 0 Å². The largest absolute Gasteiger partial charge is 0.416 e. The number of urea groups is 1. The molecule has 0 aliphatic carbocycles. The van der Waals surface area contributed by atoms with Crippen LogP contribution in [0.15, 0.2) is 59.1 Å². The Morgan fingerprint density at radius 3 is 2.12 bits per heavy atom. The molecule has 0 atom stereocenters. The number of benzene rings is 2. The van der Waals surface area contributed by atoms with E-state index in [0.717, 1.165) is 24.3 Å². The number of carbonyl (C=O) groups excluding carboxylic acids is 3. The van der Waals surface area contributed by atoms with Crippen molar-refractivity contribution in [2.24, 2.45) is 0 Å². The van der Waals surface area contributed by atoms with Gasteiger partial charge in [-0.15, -0.1) is 0 Å². The second-order valence-corrected chi connectivity index (χ2v) is 6.96.